The van der Waals surface area contributed by atoms with Crippen molar-refractivity contribution in [3.63, 3.8) is 0 Å². The van der Waals surface area contributed by atoms with Crippen LogP contribution in [0, 0.1) is 6.92 Å². The summed E-state index contributed by atoms with van der Waals surface area (Å²) in [6.45, 7) is 3.07. The van der Waals surface area contributed by atoms with Gasteiger partial charge < -0.3 is 5.32 Å². The van der Waals surface area contributed by atoms with Gasteiger partial charge in [0, 0.05) is 44.1 Å². The van der Waals surface area contributed by atoms with Gasteiger partial charge in [-0.15, -0.1) is 0 Å². The van der Waals surface area contributed by atoms with Crippen molar-refractivity contribution in [2.75, 3.05) is 29.9 Å². The van der Waals surface area contributed by atoms with Crippen LogP contribution < -0.4 is 20.8 Å². The van der Waals surface area contributed by atoms with Gasteiger partial charge >= 0.3 is 11.7 Å². The number of aromatic nitrogens is 3. The topological polar surface area (TPSA) is 92.5 Å². The summed E-state index contributed by atoms with van der Waals surface area (Å²) in [7, 11) is 3.20. The molecule has 1 aliphatic rings. The van der Waals surface area contributed by atoms with Crippen LogP contribution in [-0.4, -0.2) is 46.4 Å². The van der Waals surface area contributed by atoms with Crippen LogP contribution >= 0.6 is 0 Å². The van der Waals surface area contributed by atoms with E-state index in [1.807, 2.05) is 55.5 Å². The largest absolute Gasteiger partial charge is 0.355 e. The van der Waals surface area contributed by atoms with Crippen molar-refractivity contribution in [3.05, 3.63) is 94.7 Å². The van der Waals surface area contributed by atoms with Crippen molar-refractivity contribution in [1.82, 2.24) is 19.7 Å². The highest BCUT2D eigenvalue weighted by Crippen LogP contribution is 2.34. The van der Waals surface area contributed by atoms with E-state index in [9.17, 15) is 14.4 Å². The van der Waals surface area contributed by atoms with Gasteiger partial charge in [0.2, 0.25) is 0 Å². The number of carbonyl (C=O) groups excluding carboxylic acids is 2. The minimum absolute atomic E-state index is 0.129. The quantitative estimate of drug-likeness (QED) is 0.472. The van der Waals surface area contributed by atoms with Crippen molar-refractivity contribution in [3.8, 4) is 16.8 Å². The lowest BCUT2D eigenvalue weighted by Crippen LogP contribution is -2.32. The maximum atomic E-state index is 13.4. The van der Waals surface area contributed by atoms with E-state index in [4.69, 9.17) is 0 Å². The Labute approximate surface area is 208 Å². The predicted molar refractivity (Wildman–Crippen MR) is 139 cm³/mol. The average Bonchev–Trinajstić information content (AvgIpc) is 3.45. The van der Waals surface area contributed by atoms with Crippen LogP contribution in [0.3, 0.4) is 0 Å². The van der Waals surface area contributed by atoms with E-state index < -0.39 is 0 Å². The van der Waals surface area contributed by atoms with Gasteiger partial charge in [-0.25, -0.2) is 18.8 Å². The summed E-state index contributed by atoms with van der Waals surface area (Å²) in [5.41, 5.74) is 5.54. The van der Waals surface area contributed by atoms with E-state index in [2.05, 4.69) is 10.4 Å². The number of aryl methyl sites for hydroxylation is 1. The van der Waals surface area contributed by atoms with Crippen molar-refractivity contribution in [2.24, 2.45) is 7.05 Å². The number of nitrogens with zero attached hydrogens (tertiary/aromatic N) is 5. The summed E-state index contributed by atoms with van der Waals surface area (Å²) in [6.07, 6.45) is 1.50. The van der Waals surface area contributed by atoms with Gasteiger partial charge in [-0.05, 0) is 60.0 Å². The van der Waals surface area contributed by atoms with Gasteiger partial charge in [0.15, 0.2) is 0 Å². The first-order chi connectivity index (χ1) is 17.4. The number of hydrogen-bond acceptors (Lipinski definition) is 4. The number of hydrogen-bond donors (Lipinski definition) is 1. The summed E-state index contributed by atoms with van der Waals surface area (Å²) in [5, 5.41) is 6.62. The minimum atomic E-state index is -0.209. The molecule has 1 aliphatic heterocycles. The monoisotopic (exact) mass is 482 g/mol. The smallest absolute Gasteiger partial charge is 0.350 e. The molecule has 3 amide bonds. The first-order valence-electron chi connectivity index (χ1n) is 11.6. The molecule has 0 radical (unpaired) electrons. The lowest BCUT2D eigenvalue weighted by molar-refractivity contribution is 0.0963. The Morgan fingerprint density at radius 1 is 0.917 bits per heavy atom. The Hall–Kier alpha value is -4.66. The highest BCUT2D eigenvalue weighted by atomic mass is 16.2. The summed E-state index contributed by atoms with van der Waals surface area (Å²) >= 11 is 0. The van der Waals surface area contributed by atoms with Crippen LogP contribution in [0.15, 0.2) is 77.9 Å². The molecule has 9 nitrogen and oxygen atoms in total. The molecule has 0 unspecified atom stereocenters. The molecule has 0 bridgehead atoms. The third-order valence-electron chi connectivity index (χ3n) is 6.53. The highest BCUT2D eigenvalue weighted by Gasteiger charge is 2.32. The summed E-state index contributed by atoms with van der Waals surface area (Å²) in [4.78, 5) is 41.1. The first-order valence-corrected chi connectivity index (χ1v) is 11.6. The van der Waals surface area contributed by atoms with E-state index in [1.54, 1.807) is 42.1 Å². The van der Waals surface area contributed by atoms with Gasteiger partial charge in [0.1, 0.15) is 6.33 Å². The molecule has 1 N–H and O–H groups in total. The molecule has 2 heterocycles. The van der Waals surface area contributed by atoms with Crippen molar-refractivity contribution in [2.45, 2.75) is 6.92 Å². The molecule has 1 fully saturated rings. The third-order valence-corrected chi connectivity index (χ3v) is 6.53. The van der Waals surface area contributed by atoms with E-state index in [0.717, 1.165) is 28.1 Å². The van der Waals surface area contributed by atoms with Crippen LogP contribution in [0.5, 0.6) is 0 Å². The number of anilines is 2. The lowest BCUT2D eigenvalue weighted by Gasteiger charge is -2.22. The molecule has 0 saturated carbocycles. The molecule has 9 heteroatoms. The van der Waals surface area contributed by atoms with E-state index in [0.29, 0.717) is 24.3 Å². The second-order valence-corrected chi connectivity index (χ2v) is 8.62. The highest BCUT2D eigenvalue weighted by molar-refractivity contribution is 6.07. The molecule has 1 saturated heterocycles. The van der Waals surface area contributed by atoms with Crippen molar-refractivity contribution in [1.29, 1.82) is 0 Å². The number of amides is 3. The Bertz CT molecular complexity index is 1520. The van der Waals surface area contributed by atoms with Crippen LogP contribution in [-0.2, 0) is 7.05 Å². The second kappa shape index (κ2) is 9.18. The third kappa shape index (κ3) is 3.94. The zero-order valence-electron chi connectivity index (χ0n) is 20.3. The van der Waals surface area contributed by atoms with E-state index in [-0.39, 0.29) is 17.6 Å². The average molecular weight is 483 g/mol. The molecule has 0 aliphatic carbocycles. The van der Waals surface area contributed by atoms with E-state index in [1.165, 1.54) is 15.6 Å². The number of benzene rings is 3. The standard InChI is InChI=1S/C27H26N6O3/c1-18-23(19-10-12-21(13-11-19)33-17-29-30(3)26(33)35)8-5-9-24(18)32-15-14-31(27(32)36)22-7-4-6-20(16-22)25(34)28-2/h4-13,16-17H,14-15H2,1-3H3,(H,28,34). The lowest BCUT2D eigenvalue weighted by atomic mass is 9.98. The number of urea groups is 1. The molecule has 3 aromatic carbocycles. The van der Waals surface area contributed by atoms with Crippen LogP contribution in [0.1, 0.15) is 15.9 Å². The fraction of sp³-hybridized carbons (Fsp3) is 0.185. The van der Waals surface area contributed by atoms with Crippen LogP contribution in [0.2, 0.25) is 0 Å². The zero-order valence-corrected chi connectivity index (χ0v) is 20.3. The van der Waals surface area contributed by atoms with Crippen LogP contribution in [0.25, 0.3) is 16.8 Å². The van der Waals surface area contributed by atoms with Gasteiger partial charge in [-0.1, -0.05) is 30.3 Å². The Balaban J connectivity index is 1.42. The Morgan fingerprint density at radius 3 is 2.33 bits per heavy atom. The molecule has 1 aromatic heterocycles. The fourth-order valence-corrected chi connectivity index (χ4v) is 4.55. The first kappa shape index (κ1) is 23.1. The summed E-state index contributed by atoms with van der Waals surface area (Å²) in [6, 6.07) is 20.6. The second-order valence-electron chi connectivity index (χ2n) is 8.62. The molecule has 0 atom stereocenters. The van der Waals surface area contributed by atoms with Gasteiger partial charge in [-0.3, -0.25) is 14.6 Å². The Morgan fingerprint density at radius 2 is 1.64 bits per heavy atom. The molecule has 36 heavy (non-hydrogen) atoms. The SMILES string of the molecule is CNC(=O)c1cccc(N2CCN(c3cccc(-c4ccc(-n5cnn(C)c5=O)cc4)c3C)C2=O)c1. The fourth-order valence-electron chi connectivity index (χ4n) is 4.55. The summed E-state index contributed by atoms with van der Waals surface area (Å²) < 4.78 is 2.77. The number of rotatable bonds is 5. The van der Waals surface area contributed by atoms with Crippen molar-refractivity contribution >= 4 is 23.3 Å². The van der Waals surface area contributed by atoms with Gasteiger partial charge in [0.05, 0.1) is 5.69 Å². The minimum Gasteiger partial charge on any atom is -0.355 e. The Kier molecular flexibility index (Phi) is 5.89. The molecule has 0 spiro atoms. The molecule has 5 rings (SSSR count). The molecular weight excluding hydrogens is 456 g/mol. The normalized spacial score (nSPS) is 13.4. The predicted octanol–water partition coefficient (Wildman–Crippen LogP) is 3.35. The van der Waals surface area contributed by atoms with Crippen molar-refractivity contribution < 1.29 is 9.59 Å². The van der Waals surface area contributed by atoms with Gasteiger partial charge in [0.25, 0.3) is 5.91 Å². The number of carbonyl (C=O) groups is 2. The number of nitrogens with one attached hydrogen (secondary N) is 1. The molecule has 182 valence electrons. The maximum Gasteiger partial charge on any atom is 0.350 e. The van der Waals surface area contributed by atoms with Crippen LogP contribution in [0.4, 0.5) is 16.2 Å². The molecule has 4 aromatic rings. The van der Waals surface area contributed by atoms with Gasteiger partial charge in [-0.2, -0.15) is 5.10 Å². The molecular formula is C27H26N6O3. The summed E-state index contributed by atoms with van der Waals surface area (Å²) in [5.74, 6) is -0.191. The maximum absolute atomic E-state index is 13.4. The zero-order chi connectivity index (χ0) is 25.4. The van der Waals surface area contributed by atoms with E-state index >= 15 is 0 Å².